The topological polar surface area (TPSA) is 3.24 Å². The lowest BCUT2D eigenvalue weighted by Gasteiger charge is -2.39. The van der Waals surface area contributed by atoms with E-state index in [9.17, 15) is 0 Å². The predicted molar refractivity (Wildman–Crippen MR) is 314 cm³/mol. The fourth-order valence-corrected chi connectivity index (χ4v) is 12.5. The highest BCUT2D eigenvalue weighted by atomic mass is 15.1. The highest BCUT2D eigenvalue weighted by molar-refractivity contribution is 5.95. The van der Waals surface area contributed by atoms with Crippen LogP contribution in [0, 0.1) is 6.92 Å². The van der Waals surface area contributed by atoms with Crippen LogP contribution >= 0.6 is 0 Å². The zero-order valence-corrected chi connectivity index (χ0v) is 44.4. The molecular weight excluding hydrogens is 891 g/mol. The van der Waals surface area contributed by atoms with Crippen LogP contribution in [0.2, 0.25) is 0 Å². The Balaban J connectivity index is 0.994. The molecular formula is C73H65N. The third kappa shape index (κ3) is 7.67. The second-order valence-electron chi connectivity index (χ2n) is 23.4. The first-order chi connectivity index (χ1) is 35.6. The van der Waals surface area contributed by atoms with Crippen molar-refractivity contribution in [2.45, 2.75) is 84.0 Å². The quantitative estimate of drug-likeness (QED) is 0.147. The largest absolute Gasteiger partial charge is 0.310 e. The molecule has 0 fully saturated rings. The standard InChI is InChI=1S/C73H65N/c1-48-31-41-61-62-42-40-59(47-66(62)72(8,9)65(61)43-48)74(57-38-36-50(37-39-57)49-21-13-10-14-22-49)58-28-19-23-53(44-58)51-32-34-52(35-33-51)60-29-20-30-63-64-45-56(70(2,3)4)46-67(71(5,6)7)69(64)73(68(60)63,54-24-15-11-16-25-54)55-26-17-12-18-27-55/h10-47H,1-9H3. The maximum atomic E-state index is 2.53. The number of anilines is 3. The van der Waals surface area contributed by atoms with Gasteiger partial charge in [-0.1, -0.05) is 255 Å². The minimum atomic E-state index is -0.562. The van der Waals surface area contributed by atoms with Gasteiger partial charge in [-0.05, 0) is 154 Å². The van der Waals surface area contributed by atoms with Gasteiger partial charge in [0.25, 0.3) is 0 Å². The molecule has 10 aromatic carbocycles. The lowest BCUT2D eigenvalue weighted by atomic mass is 9.62. The van der Waals surface area contributed by atoms with Gasteiger partial charge in [0.05, 0.1) is 5.41 Å². The first-order valence-electron chi connectivity index (χ1n) is 26.5. The van der Waals surface area contributed by atoms with E-state index in [0.29, 0.717) is 0 Å². The van der Waals surface area contributed by atoms with Crippen molar-refractivity contribution < 1.29 is 0 Å². The third-order valence-corrected chi connectivity index (χ3v) is 16.3. The number of benzene rings is 10. The molecule has 0 aromatic heterocycles. The molecule has 0 radical (unpaired) electrons. The normalized spacial score (nSPS) is 14.0. The summed E-state index contributed by atoms with van der Waals surface area (Å²) in [4.78, 5) is 2.44. The Morgan fingerprint density at radius 2 is 0.838 bits per heavy atom. The summed E-state index contributed by atoms with van der Waals surface area (Å²) < 4.78 is 0. The molecule has 2 aliphatic rings. The molecule has 74 heavy (non-hydrogen) atoms. The van der Waals surface area contributed by atoms with Gasteiger partial charge in [0.15, 0.2) is 0 Å². The van der Waals surface area contributed by atoms with E-state index >= 15 is 0 Å². The molecule has 0 saturated heterocycles. The molecule has 0 saturated carbocycles. The van der Waals surface area contributed by atoms with Crippen LogP contribution in [-0.2, 0) is 21.7 Å². The number of nitrogens with zero attached hydrogens (tertiary/aromatic N) is 1. The van der Waals surface area contributed by atoms with Crippen molar-refractivity contribution in [3.63, 3.8) is 0 Å². The van der Waals surface area contributed by atoms with Gasteiger partial charge in [0, 0.05) is 22.5 Å². The van der Waals surface area contributed by atoms with Gasteiger partial charge in [-0.3, -0.25) is 0 Å². The van der Waals surface area contributed by atoms with E-state index in [4.69, 9.17) is 0 Å². The number of rotatable bonds is 8. The molecule has 0 bridgehead atoms. The Kier molecular flexibility index (Phi) is 11.2. The Morgan fingerprint density at radius 1 is 0.338 bits per heavy atom. The summed E-state index contributed by atoms with van der Waals surface area (Å²) >= 11 is 0. The highest BCUT2D eigenvalue weighted by Gasteiger charge is 2.50. The van der Waals surface area contributed by atoms with Gasteiger partial charge in [-0.2, -0.15) is 0 Å². The van der Waals surface area contributed by atoms with Crippen molar-refractivity contribution >= 4 is 17.1 Å². The van der Waals surface area contributed by atoms with Crippen LogP contribution in [0.5, 0.6) is 0 Å². The Hall–Kier alpha value is -8.00. The average Bonchev–Trinajstić information content (AvgIpc) is 3.88. The molecule has 0 heterocycles. The van der Waals surface area contributed by atoms with Crippen molar-refractivity contribution in [1.29, 1.82) is 0 Å². The Morgan fingerprint density at radius 3 is 1.47 bits per heavy atom. The van der Waals surface area contributed by atoms with Gasteiger partial charge in [0.2, 0.25) is 0 Å². The number of hydrogen-bond acceptors (Lipinski definition) is 1. The molecule has 0 N–H and O–H groups in total. The number of hydrogen-bond donors (Lipinski definition) is 0. The lowest BCUT2D eigenvalue weighted by molar-refractivity contribution is 0.557. The summed E-state index contributed by atoms with van der Waals surface area (Å²) in [6.07, 6.45) is 0. The van der Waals surface area contributed by atoms with E-state index in [1.165, 1.54) is 106 Å². The molecule has 0 unspecified atom stereocenters. The molecule has 10 aromatic rings. The SMILES string of the molecule is Cc1ccc2c(c1)C(C)(C)c1cc(N(c3ccc(-c4ccccc4)cc3)c3cccc(-c4ccc(-c5cccc6c5C(c5ccccc5)(c5ccccc5)c5c-6cc(C(C)(C)C)cc5C(C)(C)C)cc4)c3)ccc1-2. The maximum Gasteiger partial charge on any atom is 0.0722 e. The first-order valence-corrected chi connectivity index (χ1v) is 26.5. The van der Waals surface area contributed by atoms with Crippen LogP contribution < -0.4 is 4.90 Å². The predicted octanol–water partition coefficient (Wildman–Crippen LogP) is 19.7. The number of aryl methyl sites for hydroxylation is 1. The van der Waals surface area contributed by atoms with E-state index < -0.39 is 5.41 Å². The van der Waals surface area contributed by atoms with Crippen molar-refractivity contribution in [2.75, 3.05) is 4.90 Å². The average molecular weight is 956 g/mol. The van der Waals surface area contributed by atoms with Crippen LogP contribution in [0.3, 0.4) is 0 Å². The van der Waals surface area contributed by atoms with E-state index in [1.54, 1.807) is 0 Å². The molecule has 12 rings (SSSR count). The minimum absolute atomic E-state index is 0.0292. The zero-order chi connectivity index (χ0) is 51.1. The summed E-state index contributed by atoms with van der Waals surface area (Å²) in [5.74, 6) is 0. The van der Waals surface area contributed by atoms with Gasteiger partial charge in [-0.25, -0.2) is 0 Å². The summed E-state index contributed by atoms with van der Waals surface area (Å²) in [6, 6.07) is 86.9. The second kappa shape index (κ2) is 17.6. The number of fused-ring (bicyclic) bond motifs is 6. The second-order valence-corrected chi connectivity index (χ2v) is 23.4. The highest BCUT2D eigenvalue weighted by Crippen LogP contribution is 2.61. The summed E-state index contributed by atoms with van der Waals surface area (Å²) in [7, 11) is 0. The Bertz CT molecular complexity index is 3690. The molecule has 0 spiro atoms. The monoisotopic (exact) mass is 956 g/mol. The van der Waals surface area contributed by atoms with E-state index in [2.05, 4.69) is 298 Å². The van der Waals surface area contributed by atoms with Crippen molar-refractivity contribution in [2.24, 2.45) is 0 Å². The van der Waals surface area contributed by atoms with Crippen molar-refractivity contribution in [3.8, 4) is 55.6 Å². The van der Waals surface area contributed by atoms with Crippen LogP contribution in [-0.4, -0.2) is 0 Å². The molecule has 0 aliphatic heterocycles. The summed E-state index contributed by atoms with van der Waals surface area (Å²) in [5, 5.41) is 0. The Labute approximate surface area is 439 Å². The fourth-order valence-electron chi connectivity index (χ4n) is 12.5. The molecule has 1 nitrogen and oxygen atoms in total. The van der Waals surface area contributed by atoms with Gasteiger partial charge in [-0.15, -0.1) is 0 Å². The van der Waals surface area contributed by atoms with Gasteiger partial charge >= 0.3 is 0 Å². The van der Waals surface area contributed by atoms with Crippen LogP contribution in [0.25, 0.3) is 55.6 Å². The minimum Gasteiger partial charge on any atom is -0.310 e. The molecule has 2 aliphatic carbocycles. The van der Waals surface area contributed by atoms with E-state index in [-0.39, 0.29) is 16.2 Å². The zero-order valence-electron chi connectivity index (χ0n) is 44.4. The third-order valence-electron chi connectivity index (χ3n) is 16.3. The van der Waals surface area contributed by atoms with Gasteiger partial charge in [0.1, 0.15) is 0 Å². The fraction of sp³-hybridized carbons (Fsp3) is 0.178. The maximum absolute atomic E-state index is 2.53. The molecule has 0 atom stereocenters. The molecule has 362 valence electrons. The summed E-state index contributed by atoms with van der Waals surface area (Å²) in [6.45, 7) is 21.2. The summed E-state index contributed by atoms with van der Waals surface area (Å²) in [5.41, 5.74) is 27.2. The lowest BCUT2D eigenvalue weighted by Crippen LogP contribution is -2.33. The van der Waals surface area contributed by atoms with Gasteiger partial charge < -0.3 is 4.90 Å². The van der Waals surface area contributed by atoms with Crippen LogP contribution in [0.4, 0.5) is 17.1 Å². The smallest absolute Gasteiger partial charge is 0.0722 e. The van der Waals surface area contributed by atoms with E-state index in [0.717, 1.165) is 17.1 Å². The van der Waals surface area contributed by atoms with E-state index in [1.807, 2.05) is 0 Å². The van der Waals surface area contributed by atoms with Crippen LogP contribution in [0.1, 0.15) is 105 Å². The van der Waals surface area contributed by atoms with Crippen LogP contribution in [0.15, 0.2) is 231 Å². The van der Waals surface area contributed by atoms with Crippen molar-refractivity contribution in [3.05, 3.63) is 281 Å². The molecule has 1 heteroatoms. The first kappa shape index (κ1) is 47.0. The van der Waals surface area contributed by atoms with Crippen molar-refractivity contribution in [1.82, 2.24) is 0 Å². The molecule has 0 amide bonds.